The molecule has 0 bridgehead atoms. The lowest BCUT2D eigenvalue weighted by Crippen LogP contribution is -1.89. The van der Waals surface area contributed by atoms with Crippen LogP contribution in [-0.2, 0) is 6.67 Å². The van der Waals surface area contributed by atoms with Gasteiger partial charge in [-0.1, -0.05) is 12.1 Å². The van der Waals surface area contributed by atoms with Gasteiger partial charge < -0.3 is 0 Å². The molecule has 2 N–H and O–H groups in total. The van der Waals surface area contributed by atoms with Gasteiger partial charge in [0, 0.05) is 0 Å². The van der Waals surface area contributed by atoms with Crippen LogP contribution in [-0.4, -0.2) is 5.21 Å². The van der Waals surface area contributed by atoms with Gasteiger partial charge in [-0.05, 0) is 17.7 Å². The molecule has 3 heteroatoms. The molecule has 0 atom stereocenters. The maximum absolute atomic E-state index is 11.9. The molecule has 1 aromatic carbocycles. The van der Waals surface area contributed by atoms with Gasteiger partial charge in [0.15, 0.2) is 0 Å². The highest BCUT2D eigenvalue weighted by atomic mass is 19.1. The first kappa shape index (κ1) is 7.02. The molecule has 1 rings (SSSR count). The zero-order valence-corrected chi connectivity index (χ0v) is 5.34. The number of rotatable bonds is 2. The molecule has 0 heterocycles. The molecule has 1 aromatic rings. The van der Waals surface area contributed by atoms with Gasteiger partial charge in [0.1, 0.15) is 6.67 Å². The van der Waals surface area contributed by atoms with E-state index in [1.165, 1.54) is 0 Å². The second-order valence-electron chi connectivity index (χ2n) is 1.95. The molecule has 0 aliphatic carbocycles. The summed E-state index contributed by atoms with van der Waals surface area (Å²) in [6.07, 6.45) is 0. The first-order valence-electron chi connectivity index (χ1n) is 2.92. The van der Waals surface area contributed by atoms with Crippen LogP contribution in [0.15, 0.2) is 24.3 Å². The van der Waals surface area contributed by atoms with E-state index in [-0.39, 0.29) is 0 Å². The van der Waals surface area contributed by atoms with Gasteiger partial charge in [-0.15, -0.1) is 0 Å². The van der Waals surface area contributed by atoms with Crippen molar-refractivity contribution in [2.75, 3.05) is 5.48 Å². The van der Waals surface area contributed by atoms with E-state index >= 15 is 0 Å². The van der Waals surface area contributed by atoms with E-state index in [1.807, 2.05) is 5.48 Å². The van der Waals surface area contributed by atoms with Crippen LogP contribution < -0.4 is 5.48 Å². The van der Waals surface area contributed by atoms with Gasteiger partial charge in [-0.3, -0.25) is 10.7 Å². The van der Waals surface area contributed by atoms with Crippen molar-refractivity contribution in [1.82, 2.24) is 0 Å². The van der Waals surface area contributed by atoms with E-state index < -0.39 is 6.67 Å². The molecule has 54 valence electrons. The number of nitrogens with one attached hydrogen (secondary N) is 1. The van der Waals surface area contributed by atoms with E-state index in [2.05, 4.69) is 0 Å². The second-order valence-corrected chi connectivity index (χ2v) is 1.95. The summed E-state index contributed by atoms with van der Waals surface area (Å²) >= 11 is 0. The van der Waals surface area contributed by atoms with Crippen molar-refractivity contribution in [1.29, 1.82) is 0 Å². The Morgan fingerprint density at radius 1 is 1.50 bits per heavy atom. The average molecular weight is 141 g/mol. The molecule has 2 nitrogen and oxygen atoms in total. The first-order valence-corrected chi connectivity index (χ1v) is 2.92. The Balaban J connectivity index is 2.87. The quantitative estimate of drug-likeness (QED) is 0.617. The highest BCUT2D eigenvalue weighted by Crippen LogP contribution is 2.09. The van der Waals surface area contributed by atoms with Crippen LogP contribution >= 0.6 is 0 Å². The van der Waals surface area contributed by atoms with E-state index in [0.717, 1.165) is 0 Å². The number of hydrogen-bond donors (Lipinski definition) is 2. The maximum atomic E-state index is 11.9. The molecule has 0 saturated carbocycles. The number of halogens is 1. The summed E-state index contributed by atoms with van der Waals surface area (Å²) in [6, 6.07) is 6.52. The summed E-state index contributed by atoms with van der Waals surface area (Å²) in [5.41, 5.74) is 3.00. The Hall–Kier alpha value is -1.09. The summed E-state index contributed by atoms with van der Waals surface area (Å²) in [5.74, 6) is 0. The average Bonchev–Trinajstić information content (AvgIpc) is 2.05. The predicted octanol–water partition coefficient (Wildman–Crippen LogP) is 1.96. The summed E-state index contributed by atoms with van der Waals surface area (Å²) in [4.78, 5) is 0. The third-order valence-electron chi connectivity index (χ3n) is 1.21. The zero-order valence-electron chi connectivity index (χ0n) is 5.34. The molecular weight excluding hydrogens is 133 g/mol. The number of benzene rings is 1. The molecule has 0 spiro atoms. The van der Waals surface area contributed by atoms with Crippen molar-refractivity contribution in [2.24, 2.45) is 0 Å². The van der Waals surface area contributed by atoms with Gasteiger partial charge in [0.05, 0.1) is 5.69 Å². The lowest BCUT2D eigenvalue weighted by molar-refractivity contribution is 0.388. The van der Waals surface area contributed by atoms with Crippen LogP contribution in [0.4, 0.5) is 10.1 Å². The highest BCUT2D eigenvalue weighted by molar-refractivity contribution is 5.43. The monoisotopic (exact) mass is 141 g/mol. The Morgan fingerprint density at radius 2 is 2.30 bits per heavy atom. The van der Waals surface area contributed by atoms with Crippen LogP contribution in [0.3, 0.4) is 0 Å². The molecule has 0 radical (unpaired) electrons. The SMILES string of the molecule is ONc1cccc(CF)c1. The highest BCUT2D eigenvalue weighted by Gasteiger charge is 1.91. The molecule has 0 saturated heterocycles. The molecule has 0 fully saturated rings. The summed E-state index contributed by atoms with van der Waals surface area (Å²) in [6.45, 7) is -0.504. The fraction of sp³-hybridized carbons (Fsp3) is 0.143. The third-order valence-corrected chi connectivity index (χ3v) is 1.21. The van der Waals surface area contributed by atoms with Gasteiger partial charge in [0.25, 0.3) is 0 Å². The summed E-state index contributed by atoms with van der Waals surface area (Å²) in [5, 5.41) is 8.39. The molecule has 0 aromatic heterocycles. The van der Waals surface area contributed by atoms with Crippen molar-refractivity contribution in [3.8, 4) is 0 Å². The van der Waals surface area contributed by atoms with E-state index in [0.29, 0.717) is 11.3 Å². The fourth-order valence-corrected chi connectivity index (χ4v) is 0.724. The van der Waals surface area contributed by atoms with Crippen LogP contribution in [0.1, 0.15) is 5.56 Å². The molecule has 0 aliphatic heterocycles. The topological polar surface area (TPSA) is 32.3 Å². The number of anilines is 1. The molecule has 0 unspecified atom stereocenters. The normalized spacial score (nSPS) is 9.40. The standard InChI is InChI=1S/C7H8FNO/c8-5-6-2-1-3-7(4-6)9-10/h1-4,9-10H,5H2. The van der Waals surface area contributed by atoms with Crippen molar-refractivity contribution in [3.05, 3.63) is 29.8 Å². The predicted molar refractivity (Wildman–Crippen MR) is 36.7 cm³/mol. The minimum absolute atomic E-state index is 0.504. The lowest BCUT2D eigenvalue weighted by atomic mass is 10.2. The Bertz CT molecular complexity index is 195. The molecule has 10 heavy (non-hydrogen) atoms. The minimum Gasteiger partial charge on any atom is -0.291 e. The van der Waals surface area contributed by atoms with E-state index in [9.17, 15) is 4.39 Å². The molecular formula is C7H8FNO. The van der Waals surface area contributed by atoms with Crippen molar-refractivity contribution < 1.29 is 9.60 Å². The Kier molecular flexibility index (Phi) is 2.23. The molecule has 0 amide bonds. The first-order chi connectivity index (χ1) is 4.86. The Labute approximate surface area is 58.3 Å². The third kappa shape index (κ3) is 1.45. The lowest BCUT2D eigenvalue weighted by Gasteiger charge is -1.98. The fourth-order valence-electron chi connectivity index (χ4n) is 0.724. The van der Waals surface area contributed by atoms with Crippen molar-refractivity contribution >= 4 is 5.69 Å². The van der Waals surface area contributed by atoms with Gasteiger partial charge >= 0.3 is 0 Å². The van der Waals surface area contributed by atoms with Crippen molar-refractivity contribution in [3.63, 3.8) is 0 Å². The Morgan fingerprint density at radius 3 is 2.90 bits per heavy atom. The maximum Gasteiger partial charge on any atom is 0.115 e. The minimum atomic E-state index is -0.504. The van der Waals surface area contributed by atoms with Crippen LogP contribution in [0.25, 0.3) is 0 Å². The number of hydrogen-bond acceptors (Lipinski definition) is 2. The summed E-state index contributed by atoms with van der Waals surface area (Å²) < 4.78 is 11.9. The largest absolute Gasteiger partial charge is 0.291 e. The van der Waals surface area contributed by atoms with E-state index in [4.69, 9.17) is 5.21 Å². The zero-order chi connectivity index (χ0) is 7.40. The van der Waals surface area contributed by atoms with Gasteiger partial charge in [-0.25, -0.2) is 4.39 Å². The van der Waals surface area contributed by atoms with Crippen LogP contribution in [0, 0.1) is 0 Å². The van der Waals surface area contributed by atoms with Crippen LogP contribution in [0.2, 0.25) is 0 Å². The number of alkyl halides is 1. The van der Waals surface area contributed by atoms with Gasteiger partial charge in [0.2, 0.25) is 0 Å². The van der Waals surface area contributed by atoms with Crippen molar-refractivity contribution in [2.45, 2.75) is 6.67 Å². The smallest absolute Gasteiger partial charge is 0.115 e. The summed E-state index contributed by atoms with van der Waals surface area (Å²) in [7, 11) is 0. The van der Waals surface area contributed by atoms with Gasteiger partial charge in [-0.2, -0.15) is 0 Å². The van der Waals surface area contributed by atoms with Crippen LogP contribution in [0.5, 0.6) is 0 Å². The molecule has 0 aliphatic rings. The van der Waals surface area contributed by atoms with E-state index in [1.54, 1.807) is 24.3 Å². The second kappa shape index (κ2) is 3.17.